The van der Waals surface area contributed by atoms with Crippen LogP contribution in [0.15, 0.2) is 61.1 Å². The maximum atomic E-state index is 12.9. The van der Waals surface area contributed by atoms with Gasteiger partial charge in [-0.1, -0.05) is 0 Å². The summed E-state index contributed by atoms with van der Waals surface area (Å²) < 4.78 is 5.21. The molecule has 0 aliphatic carbocycles. The van der Waals surface area contributed by atoms with Crippen molar-refractivity contribution in [3.8, 4) is 5.75 Å². The zero-order valence-corrected chi connectivity index (χ0v) is 19.1. The number of methoxy groups -OCH3 is 1. The highest BCUT2D eigenvalue weighted by molar-refractivity contribution is 5.77. The number of likely N-dealkylation sites (tertiary alicyclic amines) is 1. The first kappa shape index (κ1) is 22.5. The van der Waals surface area contributed by atoms with Crippen molar-refractivity contribution in [1.82, 2.24) is 19.9 Å². The van der Waals surface area contributed by atoms with Crippen molar-refractivity contribution in [3.05, 3.63) is 66.7 Å². The summed E-state index contributed by atoms with van der Waals surface area (Å²) in [5.74, 6) is 1.82. The molecule has 8 nitrogen and oxygen atoms in total. The molecule has 1 aliphatic rings. The minimum absolute atomic E-state index is 0.194. The van der Waals surface area contributed by atoms with Crippen molar-refractivity contribution in [2.24, 2.45) is 0 Å². The van der Waals surface area contributed by atoms with Crippen molar-refractivity contribution in [2.75, 3.05) is 44.0 Å². The Balaban J connectivity index is 1.29. The number of carbonyl (C=O) groups is 1. The Morgan fingerprint density at radius 2 is 1.94 bits per heavy atom. The van der Waals surface area contributed by atoms with Crippen molar-refractivity contribution in [3.63, 3.8) is 0 Å². The predicted octanol–water partition coefficient (Wildman–Crippen LogP) is 3.86. The number of aromatic nitrogens is 3. The molecule has 1 N–H and O–H groups in total. The summed E-state index contributed by atoms with van der Waals surface area (Å²) in [6.45, 7) is 2.20. The van der Waals surface area contributed by atoms with Crippen molar-refractivity contribution < 1.29 is 9.53 Å². The van der Waals surface area contributed by atoms with E-state index in [1.54, 1.807) is 31.8 Å². The SMILES string of the molecule is COc1ccc(N(C)CCC(=O)N2CCCC(c3ccc(Nc4ncccn4)cn3)C2)cc1. The summed E-state index contributed by atoms with van der Waals surface area (Å²) in [6, 6.07) is 13.7. The second-order valence-corrected chi connectivity index (χ2v) is 8.22. The van der Waals surface area contributed by atoms with Gasteiger partial charge in [0.2, 0.25) is 11.9 Å². The van der Waals surface area contributed by atoms with Crippen LogP contribution in [0.5, 0.6) is 5.75 Å². The molecule has 0 saturated carbocycles. The number of ether oxygens (including phenoxy) is 1. The number of piperidine rings is 1. The minimum atomic E-state index is 0.194. The molecule has 3 aromatic rings. The summed E-state index contributed by atoms with van der Waals surface area (Å²) in [7, 11) is 3.66. The summed E-state index contributed by atoms with van der Waals surface area (Å²) in [4.78, 5) is 30.0. The molecule has 1 aliphatic heterocycles. The topological polar surface area (TPSA) is 83.5 Å². The highest BCUT2D eigenvalue weighted by atomic mass is 16.5. The maximum Gasteiger partial charge on any atom is 0.227 e. The number of amides is 1. The zero-order valence-electron chi connectivity index (χ0n) is 19.1. The zero-order chi connectivity index (χ0) is 23.0. The molecule has 172 valence electrons. The number of carbonyl (C=O) groups excluding carboxylic acids is 1. The van der Waals surface area contributed by atoms with Gasteiger partial charge in [-0.15, -0.1) is 0 Å². The van der Waals surface area contributed by atoms with Gasteiger partial charge in [0.15, 0.2) is 0 Å². The molecule has 0 radical (unpaired) electrons. The summed E-state index contributed by atoms with van der Waals surface area (Å²) in [5, 5.41) is 3.15. The second kappa shape index (κ2) is 10.8. The van der Waals surface area contributed by atoms with Gasteiger partial charge >= 0.3 is 0 Å². The molecule has 1 unspecified atom stereocenters. The molecule has 2 aromatic heterocycles. The molecule has 1 atom stereocenters. The van der Waals surface area contributed by atoms with E-state index in [1.165, 1.54) is 0 Å². The average molecular weight is 447 g/mol. The van der Waals surface area contributed by atoms with Gasteiger partial charge in [-0.2, -0.15) is 0 Å². The quantitative estimate of drug-likeness (QED) is 0.563. The molecular formula is C25H30N6O2. The number of rotatable bonds is 8. The summed E-state index contributed by atoms with van der Waals surface area (Å²) in [6.07, 6.45) is 7.71. The van der Waals surface area contributed by atoms with Gasteiger partial charge < -0.3 is 19.9 Å². The van der Waals surface area contributed by atoms with Crippen LogP contribution in [0.3, 0.4) is 0 Å². The Kier molecular flexibility index (Phi) is 7.34. The molecule has 1 amide bonds. The van der Waals surface area contributed by atoms with E-state index >= 15 is 0 Å². The average Bonchev–Trinajstić information content (AvgIpc) is 2.88. The first-order chi connectivity index (χ1) is 16.1. The van der Waals surface area contributed by atoms with E-state index in [1.807, 2.05) is 48.3 Å². The lowest BCUT2D eigenvalue weighted by Gasteiger charge is -2.33. The first-order valence-corrected chi connectivity index (χ1v) is 11.3. The van der Waals surface area contributed by atoms with E-state index in [-0.39, 0.29) is 11.8 Å². The monoisotopic (exact) mass is 446 g/mol. The molecule has 1 aromatic carbocycles. The molecule has 1 fully saturated rings. The molecule has 33 heavy (non-hydrogen) atoms. The van der Waals surface area contributed by atoms with Crippen LogP contribution in [0.2, 0.25) is 0 Å². The van der Waals surface area contributed by atoms with E-state index in [9.17, 15) is 4.79 Å². The van der Waals surface area contributed by atoms with E-state index in [0.717, 1.165) is 42.2 Å². The van der Waals surface area contributed by atoms with Crippen LogP contribution in [-0.2, 0) is 4.79 Å². The molecule has 3 heterocycles. The van der Waals surface area contributed by atoms with Crippen LogP contribution < -0.4 is 15.0 Å². The van der Waals surface area contributed by atoms with E-state index in [0.29, 0.717) is 25.5 Å². The van der Waals surface area contributed by atoms with Gasteiger partial charge in [-0.05, 0) is 55.3 Å². The van der Waals surface area contributed by atoms with Crippen molar-refractivity contribution in [2.45, 2.75) is 25.2 Å². The van der Waals surface area contributed by atoms with Crippen LogP contribution >= 0.6 is 0 Å². The molecule has 1 saturated heterocycles. The van der Waals surface area contributed by atoms with E-state index in [2.05, 4.69) is 25.2 Å². The number of benzene rings is 1. The number of pyridine rings is 1. The van der Waals surface area contributed by atoms with Crippen LogP contribution in [-0.4, -0.2) is 59.6 Å². The van der Waals surface area contributed by atoms with E-state index < -0.39 is 0 Å². The van der Waals surface area contributed by atoms with Crippen LogP contribution in [0.25, 0.3) is 0 Å². The van der Waals surface area contributed by atoms with Crippen LogP contribution in [0.1, 0.15) is 30.9 Å². The molecule has 0 spiro atoms. The Hall–Kier alpha value is -3.68. The van der Waals surface area contributed by atoms with Gasteiger partial charge in [0.1, 0.15) is 5.75 Å². The number of hydrogen-bond donors (Lipinski definition) is 1. The predicted molar refractivity (Wildman–Crippen MR) is 129 cm³/mol. The largest absolute Gasteiger partial charge is 0.497 e. The normalized spacial score (nSPS) is 15.7. The van der Waals surface area contributed by atoms with Crippen LogP contribution in [0.4, 0.5) is 17.3 Å². The summed E-state index contributed by atoms with van der Waals surface area (Å²) >= 11 is 0. The fourth-order valence-electron chi connectivity index (χ4n) is 4.05. The van der Waals surface area contributed by atoms with Gasteiger partial charge in [-0.3, -0.25) is 9.78 Å². The fraction of sp³-hybridized carbons (Fsp3) is 0.360. The molecular weight excluding hydrogens is 416 g/mol. The number of anilines is 3. The third-order valence-corrected chi connectivity index (χ3v) is 5.97. The Bertz CT molecular complexity index is 1030. The lowest BCUT2D eigenvalue weighted by molar-refractivity contribution is -0.132. The third kappa shape index (κ3) is 5.97. The highest BCUT2D eigenvalue weighted by Crippen LogP contribution is 2.27. The lowest BCUT2D eigenvalue weighted by atomic mass is 9.94. The van der Waals surface area contributed by atoms with Gasteiger partial charge in [-0.25, -0.2) is 9.97 Å². The molecule has 0 bridgehead atoms. The first-order valence-electron chi connectivity index (χ1n) is 11.3. The second-order valence-electron chi connectivity index (χ2n) is 8.22. The Morgan fingerprint density at radius 1 is 1.15 bits per heavy atom. The van der Waals surface area contributed by atoms with Crippen molar-refractivity contribution in [1.29, 1.82) is 0 Å². The smallest absolute Gasteiger partial charge is 0.227 e. The maximum absolute atomic E-state index is 12.9. The number of nitrogens with zero attached hydrogens (tertiary/aromatic N) is 5. The lowest BCUT2D eigenvalue weighted by Crippen LogP contribution is -2.40. The Morgan fingerprint density at radius 3 is 2.64 bits per heavy atom. The van der Waals surface area contributed by atoms with Crippen molar-refractivity contribution >= 4 is 23.2 Å². The fourth-order valence-corrected chi connectivity index (χ4v) is 4.05. The van der Waals surface area contributed by atoms with Gasteiger partial charge in [0, 0.05) is 62.8 Å². The highest BCUT2D eigenvalue weighted by Gasteiger charge is 2.25. The third-order valence-electron chi connectivity index (χ3n) is 5.97. The summed E-state index contributed by atoms with van der Waals surface area (Å²) in [5.41, 5.74) is 2.93. The molecule has 8 heteroatoms. The number of nitrogens with one attached hydrogen (secondary N) is 1. The number of hydrogen-bond acceptors (Lipinski definition) is 7. The minimum Gasteiger partial charge on any atom is -0.497 e. The van der Waals surface area contributed by atoms with Crippen LogP contribution in [0, 0.1) is 0 Å². The standard InChI is InChI=1S/C25H30N6O2/c1-30(21-7-9-22(33-2)10-8-21)16-12-24(32)31-15-3-5-19(18-31)23-11-6-20(17-28-23)29-25-26-13-4-14-27-25/h4,6-11,13-14,17,19H,3,5,12,15-16,18H2,1-2H3,(H,26,27,29). The molecule has 4 rings (SSSR count). The van der Waals surface area contributed by atoms with Gasteiger partial charge in [0.05, 0.1) is 19.0 Å². The van der Waals surface area contributed by atoms with E-state index in [4.69, 9.17) is 4.74 Å². The Labute approximate surface area is 194 Å². The van der Waals surface area contributed by atoms with Gasteiger partial charge in [0.25, 0.3) is 0 Å².